The molecule has 0 heterocycles. The number of aliphatic hydroxyl groups excluding tert-OH is 1. The standard InChI is InChI=1S/C77H150O17P2/c1-9-69(7)55-47-39-31-23-19-17-15-13-11-12-14-16-18-20-24-34-43-51-59-76(81)93-73(64-88-75(80)58-50-42-36-28-30-38-46-54-68(5)6)66-92-96(85,86)90-62-71(78)61-89-95(83,84)91-65-72(94-77(82)60-52-44-35-25-21-22-29-37-45-53-67(3)4)63-87-74(79)57-49-41-33-27-26-32-40-48-56-70(8)10-2/h67-73,78H,9-66H2,1-8H3,(H,83,84)(H,85,86)/t69?,70?,71?,72-,73-/m1/s1. The minimum Gasteiger partial charge on any atom is -0.462 e. The predicted octanol–water partition coefficient (Wildman–Crippen LogP) is 22.4. The number of carbonyl (C=O) groups is 4. The van der Waals surface area contributed by atoms with Gasteiger partial charge in [0.1, 0.15) is 19.3 Å². The van der Waals surface area contributed by atoms with Crippen LogP contribution in [0.15, 0.2) is 0 Å². The molecule has 7 atom stereocenters. The second kappa shape index (κ2) is 66.3. The summed E-state index contributed by atoms with van der Waals surface area (Å²) < 4.78 is 68.5. The van der Waals surface area contributed by atoms with Crippen LogP contribution in [-0.2, 0) is 65.4 Å². The van der Waals surface area contributed by atoms with Gasteiger partial charge >= 0.3 is 39.5 Å². The summed E-state index contributed by atoms with van der Waals surface area (Å²) in [5.41, 5.74) is 0. The average molecular weight is 1410 g/mol. The first-order chi connectivity index (χ1) is 46.2. The van der Waals surface area contributed by atoms with Gasteiger partial charge < -0.3 is 33.8 Å². The van der Waals surface area contributed by atoms with Gasteiger partial charge in [-0.15, -0.1) is 0 Å². The molecule has 0 rings (SSSR count). The number of ether oxygens (including phenoxy) is 4. The molecule has 0 radical (unpaired) electrons. The molecule has 0 bridgehead atoms. The Labute approximate surface area is 588 Å². The molecule has 0 fully saturated rings. The molecule has 96 heavy (non-hydrogen) atoms. The van der Waals surface area contributed by atoms with E-state index in [1.807, 2.05) is 0 Å². The van der Waals surface area contributed by atoms with Gasteiger partial charge in [0.05, 0.1) is 26.4 Å². The van der Waals surface area contributed by atoms with Crippen LogP contribution in [0.25, 0.3) is 0 Å². The van der Waals surface area contributed by atoms with Gasteiger partial charge in [-0.1, -0.05) is 338 Å². The van der Waals surface area contributed by atoms with Gasteiger partial charge in [0.2, 0.25) is 0 Å². The molecule has 0 aliphatic heterocycles. The van der Waals surface area contributed by atoms with Crippen molar-refractivity contribution in [1.29, 1.82) is 0 Å². The summed E-state index contributed by atoms with van der Waals surface area (Å²) in [7, 11) is -9.91. The number of carbonyl (C=O) groups excluding carboxylic acids is 4. The number of hydrogen-bond acceptors (Lipinski definition) is 15. The third-order valence-corrected chi connectivity index (χ3v) is 20.4. The molecule has 0 aliphatic carbocycles. The largest absolute Gasteiger partial charge is 0.472 e. The van der Waals surface area contributed by atoms with E-state index in [0.717, 1.165) is 114 Å². The van der Waals surface area contributed by atoms with Crippen LogP contribution in [0.3, 0.4) is 0 Å². The Morgan fingerprint density at radius 3 is 0.740 bits per heavy atom. The van der Waals surface area contributed by atoms with Crippen molar-refractivity contribution in [2.45, 2.75) is 408 Å². The van der Waals surface area contributed by atoms with Gasteiger partial charge in [0, 0.05) is 25.7 Å². The molecule has 5 unspecified atom stereocenters. The molecule has 0 aromatic rings. The van der Waals surface area contributed by atoms with E-state index in [9.17, 15) is 43.2 Å². The van der Waals surface area contributed by atoms with E-state index in [4.69, 9.17) is 37.0 Å². The number of esters is 4. The Hall–Kier alpha value is -1.94. The van der Waals surface area contributed by atoms with Crippen molar-refractivity contribution in [3.63, 3.8) is 0 Å². The molecular weight excluding hydrogens is 1260 g/mol. The lowest BCUT2D eigenvalue weighted by Gasteiger charge is -2.21. The lowest BCUT2D eigenvalue weighted by molar-refractivity contribution is -0.161. The second-order valence-corrected chi connectivity index (χ2v) is 32.1. The molecule has 570 valence electrons. The fourth-order valence-electron chi connectivity index (χ4n) is 11.7. The zero-order chi connectivity index (χ0) is 71.0. The highest BCUT2D eigenvalue weighted by molar-refractivity contribution is 7.47. The number of aliphatic hydroxyl groups is 1. The third kappa shape index (κ3) is 67.9. The minimum atomic E-state index is -4.96. The van der Waals surface area contributed by atoms with E-state index in [0.29, 0.717) is 31.6 Å². The normalized spacial score (nSPS) is 14.7. The first kappa shape index (κ1) is 94.1. The van der Waals surface area contributed by atoms with Crippen molar-refractivity contribution in [2.24, 2.45) is 23.7 Å². The lowest BCUT2D eigenvalue weighted by Crippen LogP contribution is -2.30. The number of unbranched alkanes of at least 4 members (excludes halogenated alkanes) is 38. The van der Waals surface area contributed by atoms with Crippen molar-refractivity contribution in [3.8, 4) is 0 Å². The van der Waals surface area contributed by atoms with Crippen LogP contribution in [-0.4, -0.2) is 96.7 Å². The Balaban J connectivity index is 5.18. The van der Waals surface area contributed by atoms with E-state index in [2.05, 4.69) is 55.4 Å². The van der Waals surface area contributed by atoms with E-state index in [1.165, 1.54) is 186 Å². The summed E-state index contributed by atoms with van der Waals surface area (Å²) in [5, 5.41) is 10.6. The summed E-state index contributed by atoms with van der Waals surface area (Å²) in [6.45, 7) is 14.2. The van der Waals surface area contributed by atoms with Crippen LogP contribution >= 0.6 is 15.6 Å². The van der Waals surface area contributed by atoms with Crippen LogP contribution in [0.1, 0.15) is 389 Å². The molecule has 0 spiro atoms. The quantitative estimate of drug-likeness (QED) is 0.0222. The number of hydrogen-bond donors (Lipinski definition) is 3. The molecule has 17 nitrogen and oxygen atoms in total. The zero-order valence-electron chi connectivity index (χ0n) is 63.0. The van der Waals surface area contributed by atoms with Gasteiger partial charge in [-0.25, -0.2) is 9.13 Å². The first-order valence-corrected chi connectivity index (χ1v) is 42.8. The highest BCUT2D eigenvalue weighted by Crippen LogP contribution is 2.45. The van der Waals surface area contributed by atoms with Crippen LogP contribution in [0.4, 0.5) is 0 Å². The monoisotopic (exact) mass is 1410 g/mol. The van der Waals surface area contributed by atoms with Crippen LogP contribution in [0.2, 0.25) is 0 Å². The molecule has 0 amide bonds. The summed E-state index contributed by atoms with van der Waals surface area (Å²) in [4.78, 5) is 72.8. The highest BCUT2D eigenvalue weighted by Gasteiger charge is 2.30. The fraction of sp³-hybridized carbons (Fsp3) is 0.948. The predicted molar refractivity (Wildman–Crippen MR) is 391 cm³/mol. The van der Waals surface area contributed by atoms with Crippen LogP contribution in [0, 0.1) is 23.7 Å². The third-order valence-electron chi connectivity index (χ3n) is 18.5. The van der Waals surface area contributed by atoms with Crippen molar-refractivity contribution in [3.05, 3.63) is 0 Å². The maximum absolute atomic E-state index is 13.1. The highest BCUT2D eigenvalue weighted by atomic mass is 31.2. The fourth-order valence-corrected chi connectivity index (χ4v) is 13.2. The Bertz CT molecular complexity index is 1890. The molecule has 3 N–H and O–H groups in total. The molecule has 0 aliphatic rings. The van der Waals surface area contributed by atoms with Gasteiger partial charge in [-0.2, -0.15) is 0 Å². The number of rotatable bonds is 74. The average Bonchev–Trinajstić information content (AvgIpc) is 1.28. The first-order valence-electron chi connectivity index (χ1n) is 39.8. The zero-order valence-corrected chi connectivity index (χ0v) is 64.8. The molecule has 0 saturated carbocycles. The van der Waals surface area contributed by atoms with E-state index >= 15 is 0 Å². The lowest BCUT2D eigenvalue weighted by atomic mass is 9.99. The number of phosphoric ester groups is 2. The van der Waals surface area contributed by atoms with Crippen molar-refractivity contribution in [2.75, 3.05) is 39.6 Å². The SMILES string of the molecule is CCC(C)CCCCCCCCCCCCCCCCCCCCC(=O)O[C@H](COC(=O)CCCCCCCCCC(C)C)COP(=O)(O)OCC(O)COP(=O)(O)OC[C@@H](COC(=O)CCCCCCCCCCC(C)CC)OC(=O)CCCCCCCCCCCC(C)C. The van der Waals surface area contributed by atoms with E-state index in [-0.39, 0.29) is 25.7 Å². The van der Waals surface area contributed by atoms with Gasteiger partial charge in [-0.3, -0.25) is 37.3 Å². The molecular formula is C77H150O17P2. The maximum Gasteiger partial charge on any atom is 0.472 e. The van der Waals surface area contributed by atoms with E-state index < -0.39 is 97.5 Å². The molecule has 0 saturated heterocycles. The molecule has 0 aromatic carbocycles. The van der Waals surface area contributed by atoms with Crippen LogP contribution in [0.5, 0.6) is 0 Å². The molecule has 0 aromatic heterocycles. The molecule has 19 heteroatoms. The number of phosphoric acid groups is 2. The van der Waals surface area contributed by atoms with Gasteiger partial charge in [-0.05, 0) is 49.4 Å². The second-order valence-electron chi connectivity index (χ2n) is 29.2. The van der Waals surface area contributed by atoms with Gasteiger partial charge in [0.25, 0.3) is 0 Å². The van der Waals surface area contributed by atoms with Crippen LogP contribution < -0.4 is 0 Å². The van der Waals surface area contributed by atoms with Crippen molar-refractivity contribution in [1.82, 2.24) is 0 Å². The summed E-state index contributed by atoms with van der Waals surface area (Å²) in [6, 6.07) is 0. The van der Waals surface area contributed by atoms with Crippen molar-refractivity contribution < 1.29 is 80.2 Å². The summed E-state index contributed by atoms with van der Waals surface area (Å²) >= 11 is 0. The van der Waals surface area contributed by atoms with E-state index in [1.54, 1.807) is 0 Å². The minimum absolute atomic E-state index is 0.104. The smallest absolute Gasteiger partial charge is 0.462 e. The summed E-state index contributed by atoms with van der Waals surface area (Å²) in [5.74, 6) is 0.967. The topological polar surface area (TPSA) is 237 Å². The Morgan fingerprint density at radius 2 is 0.500 bits per heavy atom. The maximum atomic E-state index is 13.1. The Kier molecular flexibility index (Phi) is 65.0. The Morgan fingerprint density at radius 1 is 0.292 bits per heavy atom. The summed E-state index contributed by atoms with van der Waals surface area (Å²) in [6.07, 6.45) is 51.5. The van der Waals surface area contributed by atoms with Gasteiger partial charge in [0.15, 0.2) is 12.2 Å². The van der Waals surface area contributed by atoms with Crippen molar-refractivity contribution >= 4 is 39.5 Å².